The Morgan fingerprint density at radius 2 is 2.05 bits per heavy atom. The standard InChI is InChI=1S/C16H20N2OS.ClH/c1-11(2)12-3-5-13(6-4-12)15-10-20-16(18-15)14-9-19-8-7-17-14;/h3-6,10-11,14,17H,7-9H2,1-2H3;1H. The van der Waals surface area contributed by atoms with Gasteiger partial charge in [-0.3, -0.25) is 0 Å². The average molecular weight is 325 g/mol. The first kappa shape index (κ1) is 16.4. The highest BCUT2D eigenvalue weighted by atomic mass is 35.5. The number of nitrogens with zero attached hydrogens (tertiary/aromatic N) is 1. The molecule has 0 spiro atoms. The van der Waals surface area contributed by atoms with Gasteiger partial charge >= 0.3 is 0 Å². The molecule has 0 radical (unpaired) electrons. The zero-order valence-electron chi connectivity index (χ0n) is 12.3. The van der Waals surface area contributed by atoms with Crippen molar-refractivity contribution in [1.29, 1.82) is 0 Å². The van der Waals surface area contributed by atoms with Gasteiger partial charge in [0.25, 0.3) is 0 Å². The van der Waals surface area contributed by atoms with E-state index in [4.69, 9.17) is 9.72 Å². The van der Waals surface area contributed by atoms with Gasteiger partial charge in [-0.1, -0.05) is 38.1 Å². The molecule has 1 aromatic heterocycles. The molecule has 1 aliphatic rings. The minimum Gasteiger partial charge on any atom is -0.378 e. The summed E-state index contributed by atoms with van der Waals surface area (Å²) in [5, 5.41) is 6.70. The van der Waals surface area contributed by atoms with Gasteiger partial charge in [-0.15, -0.1) is 23.7 Å². The number of thiazole rings is 1. The van der Waals surface area contributed by atoms with Crippen molar-refractivity contribution in [2.45, 2.75) is 25.8 Å². The van der Waals surface area contributed by atoms with Gasteiger partial charge in [0, 0.05) is 17.5 Å². The number of morpholine rings is 1. The Morgan fingerprint density at radius 3 is 2.67 bits per heavy atom. The minimum atomic E-state index is 0. The molecule has 1 unspecified atom stereocenters. The van der Waals surface area contributed by atoms with Crippen molar-refractivity contribution in [2.24, 2.45) is 0 Å². The van der Waals surface area contributed by atoms with Gasteiger partial charge in [0.15, 0.2) is 0 Å². The largest absolute Gasteiger partial charge is 0.378 e. The molecule has 1 atom stereocenters. The molecule has 21 heavy (non-hydrogen) atoms. The monoisotopic (exact) mass is 324 g/mol. The van der Waals surface area contributed by atoms with Gasteiger partial charge in [-0.2, -0.15) is 0 Å². The van der Waals surface area contributed by atoms with E-state index in [-0.39, 0.29) is 18.4 Å². The molecule has 114 valence electrons. The lowest BCUT2D eigenvalue weighted by Gasteiger charge is -2.21. The minimum absolute atomic E-state index is 0. The predicted octanol–water partition coefficient (Wildman–Crippen LogP) is 4.02. The summed E-state index contributed by atoms with van der Waals surface area (Å²) in [4.78, 5) is 4.75. The Kier molecular flexibility index (Phi) is 5.76. The summed E-state index contributed by atoms with van der Waals surface area (Å²) in [6, 6.07) is 8.97. The molecule has 0 bridgehead atoms. The third-order valence-corrected chi connectivity index (χ3v) is 4.57. The molecule has 1 N–H and O–H groups in total. The normalized spacial score (nSPS) is 18.5. The quantitative estimate of drug-likeness (QED) is 0.926. The lowest BCUT2D eigenvalue weighted by molar-refractivity contribution is 0.0768. The van der Waals surface area contributed by atoms with Crippen molar-refractivity contribution in [3.63, 3.8) is 0 Å². The molecule has 2 aromatic rings. The highest BCUT2D eigenvalue weighted by Crippen LogP contribution is 2.27. The first-order valence-corrected chi connectivity index (χ1v) is 7.99. The third kappa shape index (κ3) is 3.83. The van der Waals surface area contributed by atoms with E-state index < -0.39 is 0 Å². The van der Waals surface area contributed by atoms with Crippen LogP contribution in [0, 0.1) is 0 Å². The molecule has 0 aliphatic carbocycles. The first-order valence-electron chi connectivity index (χ1n) is 7.11. The molecule has 2 heterocycles. The van der Waals surface area contributed by atoms with Gasteiger partial charge < -0.3 is 10.1 Å². The summed E-state index contributed by atoms with van der Waals surface area (Å²) in [6.45, 7) is 6.85. The first-order chi connectivity index (χ1) is 9.74. The lowest BCUT2D eigenvalue weighted by Crippen LogP contribution is -2.34. The Labute approximate surface area is 136 Å². The van der Waals surface area contributed by atoms with Crippen molar-refractivity contribution >= 4 is 23.7 Å². The van der Waals surface area contributed by atoms with E-state index in [1.54, 1.807) is 11.3 Å². The maximum absolute atomic E-state index is 5.50. The molecule has 3 rings (SSSR count). The summed E-state index contributed by atoms with van der Waals surface area (Å²) in [7, 11) is 0. The second kappa shape index (κ2) is 7.36. The van der Waals surface area contributed by atoms with Crippen LogP contribution in [0.5, 0.6) is 0 Å². The van der Waals surface area contributed by atoms with Gasteiger partial charge in [0.1, 0.15) is 5.01 Å². The fourth-order valence-electron chi connectivity index (χ4n) is 2.34. The van der Waals surface area contributed by atoms with Crippen LogP contribution in [0.3, 0.4) is 0 Å². The summed E-state index contributed by atoms with van der Waals surface area (Å²) in [6.07, 6.45) is 0. The summed E-state index contributed by atoms with van der Waals surface area (Å²) < 4.78 is 5.50. The molecule has 3 nitrogen and oxygen atoms in total. The van der Waals surface area contributed by atoms with Gasteiger partial charge in [0.05, 0.1) is 24.9 Å². The van der Waals surface area contributed by atoms with Crippen molar-refractivity contribution in [3.05, 3.63) is 40.2 Å². The van der Waals surface area contributed by atoms with E-state index in [1.807, 2.05) is 0 Å². The van der Waals surface area contributed by atoms with Crippen LogP contribution in [-0.4, -0.2) is 24.7 Å². The van der Waals surface area contributed by atoms with Crippen LogP contribution >= 0.6 is 23.7 Å². The number of halogens is 1. The zero-order chi connectivity index (χ0) is 13.9. The number of benzene rings is 1. The van der Waals surface area contributed by atoms with Gasteiger partial charge in [-0.05, 0) is 11.5 Å². The summed E-state index contributed by atoms with van der Waals surface area (Å²) in [5.74, 6) is 0.568. The fraction of sp³-hybridized carbons (Fsp3) is 0.438. The maximum atomic E-state index is 5.50. The molecule has 1 saturated heterocycles. The zero-order valence-corrected chi connectivity index (χ0v) is 14.0. The Balaban J connectivity index is 0.00000161. The fourth-order valence-corrected chi connectivity index (χ4v) is 3.23. The number of nitrogens with one attached hydrogen (secondary N) is 1. The van der Waals surface area contributed by atoms with Crippen molar-refractivity contribution in [1.82, 2.24) is 10.3 Å². The van der Waals surface area contributed by atoms with E-state index in [0.717, 1.165) is 30.5 Å². The summed E-state index contributed by atoms with van der Waals surface area (Å²) in [5.41, 5.74) is 3.62. The number of ether oxygens (including phenoxy) is 1. The van der Waals surface area contributed by atoms with Crippen LogP contribution < -0.4 is 5.32 Å². The smallest absolute Gasteiger partial charge is 0.113 e. The topological polar surface area (TPSA) is 34.1 Å². The van der Waals surface area contributed by atoms with Crippen LogP contribution in [0.15, 0.2) is 29.6 Å². The molecule has 1 aromatic carbocycles. The Bertz CT molecular complexity index is 562. The molecule has 1 aliphatic heterocycles. The van der Waals surface area contributed by atoms with Crippen LogP contribution in [0.2, 0.25) is 0 Å². The second-order valence-electron chi connectivity index (χ2n) is 5.43. The number of rotatable bonds is 3. The van der Waals surface area contributed by atoms with Crippen molar-refractivity contribution in [3.8, 4) is 11.3 Å². The molecule has 5 heteroatoms. The predicted molar refractivity (Wildman–Crippen MR) is 90.4 cm³/mol. The SMILES string of the molecule is CC(C)c1ccc(-c2csc(C3COCCN3)n2)cc1.Cl. The number of aromatic nitrogens is 1. The van der Waals surface area contributed by atoms with E-state index >= 15 is 0 Å². The van der Waals surface area contributed by atoms with Crippen LogP contribution in [0.1, 0.15) is 36.4 Å². The van der Waals surface area contributed by atoms with E-state index in [1.165, 1.54) is 11.1 Å². The van der Waals surface area contributed by atoms with E-state index in [0.29, 0.717) is 5.92 Å². The Morgan fingerprint density at radius 1 is 1.29 bits per heavy atom. The third-order valence-electron chi connectivity index (χ3n) is 3.61. The summed E-state index contributed by atoms with van der Waals surface area (Å²) >= 11 is 1.71. The highest BCUT2D eigenvalue weighted by Gasteiger charge is 2.18. The van der Waals surface area contributed by atoms with Gasteiger partial charge in [-0.25, -0.2) is 4.98 Å². The van der Waals surface area contributed by atoms with E-state index in [2.05, 4.69) is 48.8 Å². The van der Waals surface area contributed by atoms with Crippen LogP contribution in [-0.2, 0) is 4.74 Å². The van der Waals surface area contributed by atoms with Crippen molar-refractivity contribution in [2.75, 3.05) is 19.8 Å². The molecular weight excluding hydrogens is 304 g/mol. The lowest BCUT2D eigenvalue weighted by atomic mass is 10.0. The Hall–Kier alpha value is -0.940. The van der Waals surface area contributed by atoms with E-state index in [9.17, 15) is 0 Å². The molecular formula is C16H21ClN2OS. The van der Waals surface area contributed by atoms with Crippen LogP contribution in [0.25, 0.3) is 11.3 Å². The van der Waals surface area contributed by atoms with Crippen molar-refractivity contribution < 1.29 is 4.74 Å². The highest BCUT2D eigenvalue weighted by molar-refractivity contribution is 7.10. The number of hydrogen-bond donors (Lipinski definition) is 1. The maximum Gasteiger partial charge on any atom is 0.113 e. The average Bonchev–Trinajstić information content (AvgIpc) is 2.98. The van der Waals surface area contributed by atoms with Gasteiger partial charge in [0.2, 0.25) is 0 Å². The van der Waals surface area contributed by atoms with Crippen LogP contribution in [0.4, 0.5) is 0 Å². The molecule has 0 saturated carbocycles. The molecule has 0 amide bonds. The number of hydrogen-bond acceptors (Lipinski definition) is 4. The molecule has 1 fully saturated rings. The second-order valence-corrected chi connectivity index (χ2v) is 6.32.